The van der Waals surface area contributed by atoms with E-state index in [0.717, 1.165) is 12.8 Å². The van der Waals surface area contributed by atoms with Gasteiger partial charge >= 0.3 is 6.09 Å². The zero-order chi connectivity index (χ0) is 11.6. The van der Waals surface area contributed by atoms with Crippen molar-refractivity contribution in [1.82, 2.24) is 5.32 Å². The Balaban J connectivity index is 2.66. The Kier molecular flexibility index (Phi) is 3.37. The highest BCUT2D eigenvalue weighted by molar-refractivity contribution is 5.91. The van der Waals surface area contributed by atoms with Gasteiger partial charge in [0.15, 0.2) is 5.78 Å². The average molecular weight is 213 g/mol. The summed E-state index contributed by atoms with van der Waals surface area (Å²) in [6.07, 6.45) is 1.50. The van der Waals surface area contributed by atoms with E-state index < -0.39 is 11.5 Å². The summed E-state index contributed by atoms with van der Waals surface area (Å²) in [5.74, 6) is 0.381. The van der Waals surface area contributed by atoms with E-state index in [1.807, 2.05) is 20.8 Å². The van der Waals surface area contributed by atoms with E-state index in [0.29, 0.717) is 5.92 Å². The van der Waals surface area contributed by atoms with Crippen LogP contribution in [0.5, 0.6) is 0 Å². The molecule has 0 bridgehead atoms. The van der Waals surface area contributed by atoms with Crippen LogP contribution in [0.15, 0.2) is 0 Å². The van der Waals surface area contributed by atoms with Crippen molar-refractivity contribution in [2.24, 2.45) is 11.3 Å². The van der Waals surface area contributed by atoms with Crippen molar-refractivity contribution >= 4 is 11.9 Å². The van der Waals surface area contributed by atoms with E-state index >= 15 is 0 Å². The Morgan fingerprint density at radius 2 is 1.87 bits per heavy atom. The molecule has 15 heavy (non-hydrogen) atoms. The lowest BCUT2D eigenvalue weighted by atomic mass is 9.85. The van der Waals surface area contributed by atoms with Crippen LogP contribution >= 0.6 is 0 Å². The van der Waals surface area contributed by atoms with E-state index in [1.165, 1.54) is 7.11 Å². The van der Waals surface area contributed by atoms with E-state index in [9.17, 15) is 9.59 Å². The molecule has 0 aromatic heterocycles. The van der Waals surface area contributed by atoms with Crippen molar-refractivity contribution in [3.05, 3.63) is 0 Å². The molecule has 1 aliphatic rings. The van der Waals surface area contributed by atoms with E-state index in [2.05, 4.69) is 10.1 Å². The number of carbonyl (C=O) groups is 2. The zero-order valence-electron chi connectivity index (χ0n) is 9.79. The molecule has 1 amide bonds. The highest BCUT2D eigenvalue weighted by Crippen LogP contribution is 2.35. The van der Waals surface area contributed by atoms with Crippen LogP contribution in [0.4, 0.5) is 4.79 Å². The Labute approximate surface area is 90.4 Å². The third-order valence-electron chi connectivity index (χ3n) is 2.57. The number of ketones is 1. The largest absolute Gasteiger partial charge is 0.453 e. The molecule has 1 aliphatic carbocycles. The normalized spacial score (nSPS) is 18.1. The summed E-state index contributed by atoms with van der Waals surface area (Å²) in [4.78, 5) is 23.1. The molecule has 0 aromatic rings. The van der Waals surface area contributed by atoms with Gasteiger partial charge in [-0.25, -0.2) is 4.79 Å². The van der Waals surface area contributed by atoms with Gasteiger partial charge in [0, 0.05) is 5.41 Å². The Hall–Kier alpha value is -1.06. The maximum absolute atomic E-state index is 12.0. The first-order chi connectivity index (χ1) is 6.86. The summed E-state index contributed by atoms with van der Waals surface area (Å²) in [5, 5.41) is 2.62. The van der Waals surface area contributed by atoms with Gasteiger partial charge in [0.05, 0.1) is 13.2 Å². The number of Topliss-reactive ketones (excluding diaryl/α,β-unsaturated/α-hetero) is 1. The molecule has 1 saturated carbocycles. The van der Waals surface area contributed by atoms with Gasteiger partial charge in [-0.1, -0.05) is 20.8 Å². The fraction of sp³-hybridized carbons (Fsp3) is 0.818. The minimum Gasteiger partial charge on any atom is -0.453 e. The molecule has 86 valence electrons. The van der Waals surface area contributed by atoms with Crippen molar-refractivity contribution < 1.29 is 14.3 Å². The van der Waals surface area contributed by atoms with Crippen LogP contribution in [-0.4, -0.2) is 25.0 Å². The van der Waals surface area contributed by atoms with E-state index in [-0.39, 0.29) is 11.8 Å². The second kappa shape index (κ2) is 4.21. The number of alkyl carbamates (subject to hydrolysis) is 1. The first kappa shape index (κ1) is 12.0. The molecule has 0 saturated heterocycles. The number of nitrogens with one attached hydrogen (secondary N) is 1. The number of ether oxygens (including phenoxy) is 1. The summed E-state index contributed by atoms with van der Waals surface area (Å²) in [7, 11) is 1.31. The fourth-order valence-corrected chi connectivity index (χ4v) is 1.48. The Morgan fingerprint density at radius 3 is 2.20 bits per heavy atom. The lowest BCUT2D eigenvalue weighted by Crippen LogP contribution is -2.47. The van der Waals surface area contributed by atoms with Crippen LogP contribution < -0.4 is 5.32 Å². The lowest BCUT2D eigenvalue weighted by molar-refractivity contribution is -0.128. The number of methoxy groups -OCH3 is 1. The third kappa shape index (κ3) is 3.22. The molecule has 4 heteroatoms. The first-order valence-corrected chi connectivity index (χ1v) is 5.25. The topological polar surface area (TPSA) is 55.4 Å². The summed E-state index contributed by atoms with van der Waals surface area (Å²) < 4.78 is 4.52. The number of carbonyl (C=O) groups excluding carboxylic acids is 2. The molecule has 0 aromatic carbocycles. The Bertz CT molecular complexity index is 263. The maximum Gasteiger partial charge on any atom is 0.407 e. The van der Waals surface area contributed by atoms with Crippen molar-refractivity contribution in [3.63, 3.8) is 0 Å². The molecule has 0 radical (unpaired) electrons. The lowest BCUT2D eigenvalue weighted by Gasteiger charge is -2.24. The molecular formula is C11H19NO3. The van der Waals surface area contributed by atoms with Crippen LogP contribution in [0, 0.1) is 11.3 Å². The summed E-state index contributed by atoms with van der Waals surface area (Å²) in [5.41, 5.74) is -0.422. The monoisotopic (exact) mass is 213 g/mol. The standard InChI is InChI=1S/C11H19NO3/c1-11(2,3)9(13)8(7-5-6-7)12-10(14)15-4/h7-8H,5-6H2,1-4H3,(H,12,14)/t8-/m1/s1. The molecule has 1 rings (SSSR count). The molecule has 1 N–H and O–H groups in total. The van der Waals surface area contributed by atoms with Gasteiger partial charge in [-0.05, 0) is 18.8 Å². The van der Waals surface area contributed by atoms with Gasteiger partial charge in [0.1, 0.15) is 0 Å². The van der Waals surface area contributed by atoms with Crippen molar-refractivity contribution in [2.75, 3.05) is 7.11 Å². The van der Waals surface area contributed by atoms with Crippen LogP contribution in [0.1, 0.15) is 33.6 Å². The Morgan fingerprint density at radius 1 is 1.33 bits per heavy atom. The van der Waals surface area contributed by atoms with Crippen molar-refractivity contribution in [1.29, 1.82) is 0 Å². The average Bonchev–Trinajstić information content (AvgIpc) is 2.94. The van der Waals surface area contributed by atoms with Crippen molar-refractivity contribution in [2.45, 2.75) is 39.7 Å². The number of amides is 1. The highest BCUT2D eigenvalue weighted by atomic mass is 16.5. The van der Waals surface area contributed by atoms with E-state index in [4.69, 9.17) is 0 Å². The number of hydrogen-bond donors (Lipinski definition) is 1. The van der Waals surface area contributed by atoms with Gasteiger partial charge in [0.2, 0.25) is 0 Å². The van der Waals surface area contributed by atoms with E-state index in [1.54, 1.807) is 0 Å². The minimum atomic E-state index is -0.524. The second-order valence-electron chi connectivity index (χ2n) is 5.07. The smallest absolute Gasteiger partial charge is 0.407 e. The first-order valence-electron chi connectivity index (χ1n) is 5.25. The molecule has 0 aliphatic heterocycles. The molecule has 1 atom stereocenters. The zero-order valence-corrected chi connectivity index (χ0v) is 9.79. The van der Waals surface area contributed by atoms with Gasteiger partial charge in [-0.15, -0.1) is 0 Å². The van der Waals surface area contributed by atoms with Gasteiger partial charge in [0.25, 0.3) is 0 Å². The maximum atomic E-state index is 12.0. The van der Waals surface area contributed by atoms with Gasteiger partial charge < -0.3 is 10.1 Å². The molecule has 4 nitrogen and oxygen atoms in total. The minimum absolute atomic E-state index is 0.0791. The van der Waals surface area contributed by atoms with Crippen LogP contribution in [0.3, 0.4) is 0 Å². The summed E-state index contributed by atoms with van der Waals surface area (Å²) >= 11 is 0. The van der Waals surface area contributed by atoms with Crippen molar-refractivity contribution in [3.8, 4) is 0 Å². The second-order valence-corrected chi connectivity index (χ2v) is 5.07. The van der Waals surface area contributed by atoms with Crippen LogP contribution in [-0.2, 0) is 9.53 Å². The SMILES string of the molecule is COC(=O)N[C@@H](C(=O)C(C)(C)C)C1CC1. The number of rotatable bonds is 3. The predicted molar refractivity (Wildman–Crippen MR) is 56.5 cm³/mol. The predicted octanol–water partition coefficient (Wildman–Crippen LogP) is 1.74. The van der Waals surface area contributed by atoms with Crippen LogP contribution in [0.25, 0.3) is 0 Å². The highest BCUT2D eigenvalue weighted by Gasteiger charge is 2.41. The molecule has 1 fully saturated rings. The molecule has 0 heterocycles. The fourth-order valence-electron chi connectivity index (χ4n) is 1.48. The molecular weight excluding hydrogens is 194 g/mol. The summed E-state index contributed by atoms with van der Waals surface area (Å²) in [6.45, 7) is 5.59. The quantitative estimate of drug-likeness (QED) is 0.776. The van der Waals surface area contributed by atoms with Crippen LogP contribution in [0.2, 0.25) is 0 Å². The van der Waals surface area contributed by atoms with Gasteiger partial charge in [-0.3, -0.25) is 4.79 Å². The number of hydrogen-bond acceptors (Lipinski definition) is 3. The van der Waals surface area contributed by atoms with Gasteiger partial charge in [-0.2, -0.15) is 0 Å². The molecule has 0 spiro atoms. The summed E-state index contributed by atoms with van der Waals surface area (Å²) in [6, 6.07) is -0.377. The molecule has 0 unspecified atom stereocenters. The third-order valence-corrected chi connectivity index (χ3v) is 2.57.